The van der Waals surface area contributed by atoms with E-state index in [9.17, 15) is 9.59 Å². The zero-order valence-electron chi connectivity index (χ0n) is 16.8. The molecule has 152 valence electrons. The number of carbonyl (C=O) groups is 2. The first-order chi connectivity index (χ1) is 14.1. The lowest BCUT2D eigenvalue weighted by atomic mass is 9.99. The van der Waals surface area contributed by atoms with Gasteiger partial charge >= 0.3 is 0 Å². The third-order valence-electron chi connectivity index (χ3n) is 5.75. The van der Waals surface area contributed by atoms with Crippen LogP contribution in [0.5, 0.6) is 5.75 Å². The number of amides is 2. The van der Waals surface area contributed by atoms with Crippen LogP contribution >= 0.6 is 0 Å². The van der Waals surface area contributed by atoms with Crippen LogP contribution in [0, 0.1) is 0 Å². The lowest BCUT2D eigenvalue weighted by Gasteiger charge is -2.34. The molecule has 1 N–H and O–H groups in total. The molecule has 0 bridgehead atoms. The Labute approximate surface area is 171 Å². The lowest BCUT2D eigenvalue weighted by molar-refractivity contribution is -0.122. The molecule has 0 aromatic heterocycles. The first-order valence-electron chi connectivity index (χ1n) is 10.2. The summed E-state index contributed by atoms with van der Waals surface area (Å²) in [6.45, 7) is 5.06. The molecule has 2 aliphatic heterocycles. The quantitative estimate of drug-likeness (QED) is 0.819. The van der Waals surface area contributed by atoms with Crippen LogP contribution < -0.4 is 15.0 Å². The maximum absolute atomic E-state index is 12.4. The molecule has 29 heavy (non-hydrogen) atoms. The molecule has 1 unspecified atom stereocenters. The molecule has 0 aliphatic carbocycles. The minimum atomic E-state index is -0.114. The molecule has 0 saturated carbocycles. The summed E-state index contributed by atoms with van der Waals surface area (Å²) in [5.74, 6) is 0.536. The first-order valence-corrected chi connectivity index (χ1v) is 10.2. The Morgan fingerprint density at radius 1 is 1.14 bits per heavy atom. The van der Waals surface area contributed by atoms with Crippen molar-refractivity contribution in [1.82, 2.24) is 10.2 Å². The van der Waals surface area contributed by atoms with Crippen LogP contribution in [0.15, 0.2) is 48.5 Å². The summed E-state index contributed by atoms with van der Waals surface area (Å²) in [6.07, 6.45) is 1.32. The summed E-state index contributed by atoms with van der Waals surface area (Å²) in [6, 6.07) is 16.3. The molecule has 0 radical (unpaired) electrons. The number of ether oxygens (including phenoxy) is 1. The summed E-state index contributed by atoms with van der Waals surface area (Å²) in [4.78, 5) is 28.6. The van der Waals surface area contributed by atoms with E-state index in [0.717, 1.165) is 25.2 Å². The van der Waals surface area contributed by atoms with Crippen LogP contribution in [0.1, 0.15) is 24.5 Å². The minimum absolute atomic E-state index is 0.0199. The highest BCUT2D eigenvalue weighted by atomic mass is 16.5. The fraction of sp³-hybridized carbons (Fsp3) is 0.391. The molecule has 0 spiro atoms. The maximum atomic E-state index is 12.4. The van der Waals surface area contributed by atoms with Gasteiger partial charge < -0.3 is 15.0 Å². The fourth-order valence-electron chi connectivity index (χ4n) is 3.99. The summed E-state index contributed by atoms with van der Waals surface area (Å²) < 4.78 is 5.45. The van der Waals surface area contributed by atoms with Crippen LogP contribution in [0.4, 0.5) is 5.69 Å². The second-order valence-electron chi connectivity index (χ2n) is 7.69. The minimum Gasteiger partial charge on any atom is -0.482 e. The summed E-state index contributed by atoms with van der Waals surface area (Å²) in [7, 11) is 0. The third-order valence-corrected chi connectivity index (χ3v) is 5.75. The van der Waals surface area contributed by atoms with Gasteiger partial charge in [-0.1, -0.05) is 36.4 Å². The van der Waals surface area contributed by atoms with E-state index in [4.69, 9.17) is 4.74 Å². The van der Waals surface area contributed by atoms with E-state index < -0.39 is 0 Å². The molecular formula is C23H27N3O3. The average Bonchev–Trinajstić information content (AvgIpc) is 2.76. The van der Waals surface area contributed by atoms with Crippen molar-refractivity contribution < 1.29 is 14.3 Å². The highest BCUT2D eigenvalue weighted by molar-refractivity contribution is 5.98. The standard InChI is InChI=1S/C23H27N3O3/c1-17(25-12-10-18-6-2-3-7-19(18)15-25)14-24-22(27)11-13-26-20-8-4-5-9-21(20)29-16-23(26)28/h2-9,17H,10-16H2,1H3,(H,24,27). The van der Waals surface area contributed by atoms with Crippen molar-refractivity contribution in [3.8, 4) is 5.75 Å². The molecule has 2 heterocycles. The fourth-order valence-corrected chi connectivity index (χ4v) is 3.99. The van der Waals surface area contributed by atoms with Crippen molar-refractivity contribution in [2.75, 3.05) is 31.1 Å². The number of nitrogens with zero attached hydrogens (tertiary/aromatic N) is 2. The Morgan fingerprint density at radius 3 is 2.76 bits per heavy atom. The van der Waals surface area contributed by atoms with E-state index in [0.29, 0.717) is 18.8 Å². The van der Waals surface area contributed by atoms with Crippen LogP contribution in [0.3, 0.4) is 0 Å². The zero-order chi connectivity index (χ0) is 20.2. The zero-order valence-corrected chi connectivity index (χ0v) is 16.8. The number of hydrogen-bond donors (Lipinski definition) is 1. The van der Waals surface area contributed by atoms with Gasteiger partial charge in [0.2, 0.25) is 5.91 Å². The number of para-hydroxylation sites is 2. The van der Waals surface area contributed by atoms with Crippen LogP contribution in [-0.4, -0.2) is 49.0 Å². The average molecular weight is 393 g/mol. The van der Waals surface area contributed by atoms with E-state index >= 15 is 0 Å². The smallest absolute Gasteiger partial charge is 0.265 e. The van der Waals surface area contributed by atoms with Gasteiger partial charge in [0.25, 0.3) is 5.91 Å². The summed E-state index contributed by atoms with van der Waals surface area (Å²) >= 11 is 0. The van der Waals surface area contributed by atoms with Crippen molar-refractivity contribution in [1.29, 1.82) is 0 Å². The predicted octanol–water partition coefficient (Wildman–Crippen LogP) is 2.37. The summed E-state index contributed by atoms with van der Waals surface area (Å²) in [5.41, 5.74) is 3.54. The maximum Gasteiger partial charge on any atom is 0.265 e. The van der Waals surface area contributed by atoms with E-state index in [-0.39, 0.29) is 30.9 Å². The van der Waals surface area contributed by atoms with E-state index in [1.807, 2.05) is 24.3 Å². The number of benzene rings is 2. The third kappa shape index (κ3) is 4.43. The largest absolute Gasteiger partial charge is 0.482 e. The van der Waals surface area contributed by atoms with Crippen molar-refractivity contribution in [3.05, 3.63) is 59.7 Å². The van der Waals surface area contributed by atoms with E-state index in [2.05, 4.69) is 41.4 Å². The van der Waals surface area contributed by atoms with E-state index in [1.165, 1.54) is 11.1 Å². The van der Waals surface area contributed by atoms with Crippen molar-refractivity contribution in [2.24, 2.45) is 0 Å². The molecule has 2 aliphatic rings. The highest BCUT2D eigenvalue weighted by Crippen LogP contribution is 2.31. The molecule has 2 aromatic carbocycles. The van der Waals surface area contributed by atoms with Crippen molar-refractivity contribution in [2.45, 2.75) is 32.4 Å². The Kier molecular flexibility index (Phi) is 5.81. The number of rotatable bonds is 6. The topological polar surface area (TPSA) is 61.9 Å². The van der Waals surface area contributed by atoms with Crippen LogP contribution in [0.2, 0.25) is 0 Å². The van der Waals surface area contributed by atoms with Gasteiger partial charge in [-0.2, -0.15) is 0 Å². The molecule has 0 fully saturated rings. The Bertz CT molecular complexity index is 898. The highest BCUT2D eigenvalue weighted by Gasteiger charge is 2.26. The number of nitrogens with one attached hydrogen (secondary N) is 1. The van der Waals surface area contributed by atoms with Gasteiger partial charge in [0, 0.05) is 38.6 Å². The van der Waals surface area contributed by atoms with Gasteiger partial charge in [-0.15, -0.1) is 0 Å². The van der Waals surface area contributed by atoms with Crippen molar-refractivity contribution >= 4 is 17.5 Å². The number of anilines is 1. The van der Waals surface area contributed by atoms with Crippen LogP contribution in [-0.2, 0) is 22.6 Å². The molecule has 6 nitrogen and oxygen atoms in total. The molecule has 6 heteroatoms. The van der Waals surface area contributed by atoms with Gasteiger partial charge in [0.15, 0.2) is 6.61 Å². The normalized spacial score (nSPS) is 17.1. The molecule has 1 atom stereocenters. The monoisotopic (exact) mass is 393 g/mol. The predicted molar refractivity (Wildman–Crippen MR) is 112 cm³/mol. The van der Waals surface area contributed by atoms with Gasteiger partial charge in [-0.25, -0.2) is 0 Å². The number of fused-ring (bicyclic) bond motifs is 2. The van der Waals surface area contributed by atoms with E-state index in [1.54, 1.807) is 4.90 Å². The second-order valence-corrected chi connectivity index (χ2v) is 7.69. The Morgan fingerprint density at radius 2 is 1.90 bits per heavy atom. The van der Waals surface area contributed by atoms with Gasteiger partial charge in [0.1, 0.15) is 5.75 Å². The molecule has 2 aromatic rings. The molecule has 4 rings (SSSR count). The number of hydrogen-bond acceptors (Lipinski definition) is 4. The van der Waals surface area contributed by atoms with Gasteiger partial charge in [-0.3, -0.25) is 14.5 Å². The Balaban J connectivity index is 1.26. The number of carbonyl (C=O) groups excluding carboxylic acids is 2. The molecule has 0 saturated heterocycles. The second kappa shape index (κ2) is 8.66. The lowest BCUT2D eigenvalue weighted by Crippen LogP contribution is -2.45. The van der Waals surface area contributed by atoms with Gasteiger partial charge in [0.05, 0.1) is 5.69 Å². The SMILES string of the molecule is CC(CNC(=O)CCN1C(=O)COc2ccccc21)N1CCc2ccccc2C1. The first kappa shape index (κ1) is 19.5. The Hall–Kier alpha value is -2.86. The molecular weight excluding hydrogens is 366 g/mol. The summed E-state index contributed by atoms with van der Waals surface area (Å²) in [5, 5.41) is 3.03. The van der Waals surface area contributed by atoms with Crippen molar-refractivity contribution in [3.63, 3.8) is 0 Å². The van der Waals surface area contributed by atoms with Crippen LogP contribution in [0.25, 0.3) is 0 Å². The van der Waals surface area contributed by atoms with Gasteiger partial charge in [-0.05, 0) is 36.6 Å². The molecule has 2 amide bonds.